The van der Waals surface area contributed by atoms with Gasteiger partial charge in [0.15, 0.2) is 6.04 Å². The summed E-state index contributed by atoms with van der Waals surface area (Å²) >= 11 is 0. The smallest absolute Gasteiger partial charge is 0.162 e. The SMILES string of the molecule is C[C@@H]1CCC[NH+]([C@@H](C[NH3+])c2ccccc2)C1. The number of hydrogen-bond donors (Lipinski definition) is 2. The van der Waals surface area contributed by atoms with E-state index in [0.717, 1.165) is 12.5 Å². The van der Waals surface area contributed by atoms with Crippen molar-refractivity contribution in [3.63, 3.8) is 0 Å². The van der Waals surface area contributed by atoms with Crippen LogP contribution in [-0.2, 0) is 0 Å². The normalized spacial score (nSPS) is 27.6. The highest BCUT2D eigenvalue weighted by atomic mass is 15.2. The predicted molar refractivity (Wildman–Crippen MR) is 66.0 cm³/mol. The van der Waals surface area contributed by atoms with Crippen LogP contribution in [-0.4, -0.2) is 19.6 Å². The van der Waals surface area contributed by atoms with Crippen molar-refractivity contribution < 1.29 is 10.6 Å². The maximum atomic E-state index is 4.14. The van der Waals surface area contributed by atoms with Gasteiger partial charge in [-0.05, 0) is 12.8 Å². The minimum absolute atomic E-state index is 0.601. The Labute approximate surface area is 98.4 Å². The number of rotatable bonds is 3. The number of quaternary nitrogens is 2. The van der Waals surface area contributed by atoms with Crippen LogP contribution < -0.4 is 10.6 Å². The molecule has 1 saturated heterocycles. The van der Waals surface area contributed by atoms with Crippen LogP contribution >= 0.6 is 0 Å². The summed E-state index contributed by atoms with van der Waals surface area (Å²) in [5.74, 6) is 0.876. The van der Waals surface area contributed by atoms with Gasteiger partial charge in [0.25, 0.3) is 0 Å². The molecule has 1 fully saturated rings. The highest BCUT2D eigenvalue weighted by molar-refractivity contribution is 5.17. The van der Waals surface area contributed by atoms with Crippen molar-refractivity contribution in [2.24, 2.45) is 5.92 Å². The average molecular weight is 220 g/mol. The molecule has 2 rings (SSSR count). The molecule has 1 aliphatic heterocycles. The quantitative estimate of drug-likeness (QED) is 0.734. The molecule has 1 unspecified atom stereocenters. The number of piperidine rings is 1. The van der Waals surface area contributed by atoms with E-state index in [1.54, 1.807) is 4.90 Å². The van der Waals surface area contributed by atoms with E-state index in [2.05, 4.69) is 43.0 Å². The first-order valence-electron chi connectivity index (χ1n) is 6.50. The Bertz CT molecular complexity index is 310. The molecule has 0 spiro atoms. The van der Waals surface area contributed by atoms with E-state index in [1.807, 2.05) is 0 Å². The highest BCUT2D eigenvalue weighted by Crippen LogP contribution is 2.11. The van der Waals surface area contributed by atoms with Gasteiger partial charge in [-0.2, -0.15) is 0 Å². The van der Waals surface area contributed by atoms with Gasteiger partial charge in [-0.15, -0.1) is 0 Å². The van der Waals surface area contributed by atoms with Crippen molar-refractivity contribution in [1.29, 1.82) is 0 Å². The molecule has 1 heterocycles. The first kappa shape index (κ1) is 11.6. The van der Waals surface area contributed by atoms with Crippen LogP contribution in [0.15, 0.2) is 30.3 Å². The summed E-state index contributed by atoms with van der Waals surface area (Å²) in [6.07, 6.45) is 2.78. The standard InChI is InChI=1S/C14H22N2/c1-12-6-5-9-16(11-12)14(10-15)13-7-3-2-4-8-13/h2-4,7-8,12,14H,5-6,9-11,15H2,1H3/p+2/t12-,14+/m1/s1. The van der Waals surface area contributed by atoms with Crippen molar-refractivity contribution in [2.45, 2.75) is 25.8 Å². The Hall–Kier alpha value is -0.860. The lowest BCUT2D eigenvalue weighted by atomic mass is 9.96. The molecule has 0 aromatic heterocycles. The fourth-order valence-electron chi connectivity index (χ4n) is 2.94. The van der Waals surface area contributed by atoms with Gasteiger partial charge < -0.3 is 10.6 Å². The fraction of sp³-hybridized carbons (Fsp3) is 0.571. The molecular weight excluding hydrogens is 196 g/mol. The van der Waals surface area contributed by atoms with E-state index >= 15 is 0 Å². The summed E-state index contributed by atoms with van der Waals surface area (Å²) in [6.45, 7) is 6.02. The number of hydrogen-bond acceptors (Lipinski definition) is 0. The third kappa shape index (κ3) is 2.63. The lowest BCUT2D eigenvalue weighted by molar-refractivity contribution is -0.945. The summed E-state index contributed by atoms with van der Waals surface area (Å²) in [5.41, 5.74) is 5.60. The first-order valence-corrected chi connectivity index (χ1v) is 6.50. The van der Waals surface area contributed by atoms with Crippen molar-refractivity contribution in [1.82, 2.24) is 0 Å². The van der Waals surface area contributed by atoms with Gasteiger partial charge in [-0.25, -0.2) is 0 Å². The molecule has 0 amide bonds. The van der Waals surface area contributed by atoms with Crippen molar-refractivity contribution >= 4 is 0 Å². The Kier molecular flexibility index (Phi) is 3.97. The van der Waals surface area contributed by atoms with Crippen LogP contribution in [0, 0.1) is 5.92 Å². The van der Waals surface area contributed by atoms with Gasteiger partial charge in [0.1, 0.15) is 6.54 Å². The molecular formula is C14H24N2+2. The molecule has 4 N–H and O–H groups in total. The van der Waals surface area contributed by atoms with E-state index in [4.69, 9.17) is 0 Å². The monoisotopic (exact) mass is 220 g/mol. The zero-order valence-corrected chi connectivity index (χ0v) is 10.3. The molecule has 2 nitrogen and oxygen atoms in total. The molecule has 1 aliphatic rings. The number of nitrogens with one attached hydrogen (secondary N) is 1. The van der Waals surface area contributed by atoms with Gasteiger partial charge in [0.2, 0.25) is 0 Å². The van der Waals surface area contributed by atoms with Gasteiger partial charge in [0, 0.05) is 11.5 Å². The van der Waals surface area contributed by atoms with E-state index in [0.29, 0.717) is 6.04 Å². The topological polar surface area (TPSA) is 32.1 Å². The summed E-state index contributed by atoms with van der Waals surface area (Å²) in [5, 5.41) is 0. The molecule has 0 radical (unpaired) electrons. The van der Waals surface area contributed by atoms with Crippen LogP contribution in [0.4, 0.5) is 0 Å². The molecule has 3 atom stereocenters. The van der Waals surface area contributed by atoms with Crippen molar-refractivity contribution in [3.05, 3.63) is 35.9 Å². The van der Waals surface area contributed by atoms with Crippen LogP contribution in [0.1, 0.15) is 31.4 Å². The Morgan fingerprint density at radius 2 is 2.12 bits per heavy atom. The summed E-state index contributed by atoms with van der Waals surface area (Å²) in [4.78, 5) is 1.74. The van der Waals surface area contributed by atoms with Gasteiger partial charge >= 0.3 is 0 Å². The minimum atomic E-state index is 0.601. The zero-order chi connectivity index (χ0) is 11.4. The molecule has 16 heavy (non-hydrogen) atoms. The fourth-order valence-corrected chi connectivity index (χ4v) is 2.94. The summed E-state index contributed by atoms with van der Waals surface area (Å²) in [6, 6.07) is 11.5. The highest BCUT2D eigenvalue weighted by Gasteiger charge is 2.28. The predicted octanol–water partition coefficient (Wildman–Crippen LogP) is 0.284. The van der Waals surface area contributed by atoms with E-state index in [9.17, 15) is 0 Å². The summed E-state index contributed by atoms with van der Waals surface area (Å²) < 4.78 is 0. The Balaban J connectivity index is 2.10. The Morgan fingerprint density at radius 1 is 1.38 bits per heavy atom. The molecule has 0 bridgehead atoms. The molecule has 88 valence electrons. The Morgan fingerprint density at radius 3 is 2.75 bits per heavy atom. The van der Waals surface area contributed by atoms with Crippen molar-refractivity contribution in [3.8, 4) is 0 Å². The van der Waals surface area contributed by atoms with Crippen molar-refractivity contribution in [2.75, 3.05) is 19.6 Å². The maximum absolute atomic E-state index is 4.14. The zero-order valence-electron chi connectivity index (χ0n) is 10.3. The second kappa shape index (κ2) is 5.46. The largest absolute Gasteiger partial charge is 0.352 e. The average Bonchev–Trinajstić information content (AvgIpc) is 2.31. The molecule has 2 heteroatoms. The van der Waals surface area contributed by atoms with E-state index in [-0.39, 0.29) is 0 Å². The van der Waals surface area contributed by atoms with E-state index < -0.39 is 0 Å². The third-order valence-electron chi connectivity index (χ3n) is 3.79. The van der Waals surface area contributed by atoms with Gasteiger partial charge in [0.05, 0.1) is 13.1 Å². The van der Waals surface area contributed by atoms with Gasteiger partial charge in [-0.1, -0.05) is 37.3 Å². The summed E-state index contributed by atoms with van der Waals surface area (Å²) in [7, 11) is 0. The lowest BCUT2D eigenvalue weighted by Gasteiger charge is -2.33. The van der Waals surface area contributed by atoms with Crippen LogP contribution in [0.3, 0.4) is 0 Å². The molecule has 1 aromatic rings. The second-order valence-corrected chi connectivity index (χ2v) is 5.11. The van der Waals surface area contributed by atoms with E-state index in [1.165, 1.54) is 31.5 Å². The number of likely N-dealkylation sites (tertiary alicyclic amines) is 1. The third-order valence-corrected chi connectivity index (χ3v) is 3.79. The minimum Gasteiger partial charge on any atom is -0.352 e. The van der Waals surface area contributed by atoms with Crippen LogP contribution in [0.5, 0.6) is 0 Å². The van der Waals surface area contributed by atoms with Crippen LogP contribution in [0.2, 0.25) is 0 Å². The second-order valence-electron chi connectivity index (χ2n) is 5.11. The lowest BCUT2D eigenvalue weighted by Crippen LogP contribution is -3.15. The molecule has 0 saturated carbocycles. The maximum Gasteiger partial charge on any atom is 0.162 e. The number of benzene rings is 1. The molecule has 1 aromatic carbocycles. The van der Waals surface area contributed by atoms with Crippen LogP contribution in [0.25, 0.3) is 0 Å². The van der Waals surface area contributed by atoms with Gasteiger partial charge in [-0.3, -0.25) is 0 Å². The molecule has 0 aliphatic carbocycles. The first-order chi connectivity index (χ1) is 7.81.